The molecule has 7 nitrogen and oxygen atoms in total. The van der Waals surface area contributed by atoms with Crippen molar-refractivity contribution < 1.29 is 14.7 Å². The highest BCUT2D eigenvalue weighted by Gasteiger charge is 2.15. The number of aryl methyl sites for hydroxylation is 1. The molecule has 2 heterocycles. The number of aromatic carboxylic acids is 1. The van der Waals surface area contributed by atoms with Crippen molar-refractivity contribution in [2.24, 2.45) is 0 Å². The molecule has 21 heavy (non-hydrogen) atoms. The molecule has 2 N–H and O–H groups in total. The molecule has 0 aromatic carbocycles. The number of carboxylic acids is 1. The van der Waals surface area contributed by atoms with Crippen LogP contribution in [0.15, 0.2) is 30.6 Å². The first kappa shape index (κ1) is 14.1. The lowest BCUT2D eigenvalue weighted by Crippen LogP contribution is -2.17. The highest BCUT2D eigenvalue weighted by Crippen LogP contribution is 2.15. The summed E-state index contributed by atoms with van der Waals surface area (Å²) in [5.74, 6) is -1.74. The standard InChI is InChI=1S/C14H10N4O3/c1-8-9(6-15)2-3-11(17-8)13(19)18-12-7-16-5-4-10(12)14(20)21/h2-5,7H,1H3,(H,18,19)(H,20,21). The van der Waals surface area contributed by atoms with Gasteiger partial charge in [0.05, 0.1) is 28.7 Å². The molecule has 2 rings (SSSR count). The first-order valence-corrected chi connectivity index (χ1v) is 5.89. The fourth-order valence-corrected chi connectivity index (χ4v) is 1.67. The molecule has 2 aromatic heterocycles. The molecule has 0 spiro atoms. The number of hydrogen-bond donors (Lipinski definition) is 2. The number of rotatable bonds is 3. The van der Waals surface area contributed by atoms with Crippen LogP contribution >= 0.6 is 0 Å². The third kappa shape index (κ3) is 3.01. The number of carbonyl (C=O) groups excluding carboxylic acids is 1. The lowest BCUT2D eigenvalue weighted by molar-refractivity contribution is 0.0698. The van der Waals surface area contributed by atoms with E-state index in [1.54, 1.807) is 6.92 Å². The summed E-state index contributed by atoms with van der Waals surface area (Å²) in [4.78, 5) is 30.9. The van der Waals surface area contributed by atoms with Gasteiger partial charge in [-0.25, -0.2) is 9.78 Å². The van der Waals surface area contributed by atoms with Crippen molar-refractivity contribution in [3.8, 4) is 6.07 Å². The van der Waals surface area contributed by atoms with Crippen LogP contribution in [0, 0.1) is 18.3 Å². The van der Waals surface area contributed by atoms with Gasteiger partial charge in [0.15, 0.2) is 0 Å². The predicted octanol–water partition coefficient (Wildman–Crippen LogP) is 1.61. The Morgan fingerprint density at radius 3 is 2.71 bits per heavy atom. The van der Waals surface area contributed by atoms with Crippen LogP contribution in [-0.2, 0) is 0 Å². The van der Waals surface area contributed by atoms with Gasteiger partial charge in [0, 0.05) is 6.20 Å². The highest BCUT2D eigenvalue weighted by molar-refractivity contribution is 6.06. The first-order chi connectivity index (χ1) is 10.0. The molecule has 0 aliphatic heterocycles. The molecule has 0 aliphatic carbocycles. The van der Waals surface area contributed by atoms with Crippen LogP contribution < -0.4 is 5.32 Å². The second kappa shape index (κ2) is 5.79. The molecule has 0 fully saturated rings. The van der Waals surface area contributed by atoms with Gasteiger partial charge in [0.1, 0.15) is 11.8 Å². The van der Waals surface area contributed by atoms with Gasteiger partial charge in [-0.3, -0.25) is 9.78 Å². The summed E-state index contributed by atoms with van der Waals surface area (Å²) in [5, 5.41) is 20.3. The normalized spacial score (nSPS) is 9.71. The maximum Gasteiger partial charge on any atom is 0.337 e. The third-order valence-corrected chi connectivity index (χ3v) is 2.74. The van der Waals surface area contributed by atoms with Crippen molar-refractivity contribution in [3.63, 3.8) is 0 Å². The zero-order chi connectivity index (χ0) is 15.4. The summed E-state index contributed by atoms with van der Waals surface area (Å²) in [5.41, 5.74) is 0.906. The summed E-state index contributed by atoms with van der Waals surface area (Å²) in [6.45, 7) is 1.61. The molecule has 2 aromatic rings. The molecule has 0 saturated carbocycles. The average Bonchev–Trinajstić information content (AvgIpc) is 2.47. The second-order valence-electron chi connectivity index (χ2n) is 4.12. The number of nitrogens with one attached hydrogen (secondary N) is 1. The summed E-state index contributed by atoms with van der Waals surface area (Å²) in [7, 11) is 0. The number of carbonyl (C=O) groups is 2. The maximum absolute atomic E-state index is 12.1. The van der Waals surface area contributed by atoms with Crippen LogP contribution in [0.25, 0.3) is 0 Å². The van der Waals surface area contributed by atoms with E-state index < -0.39 is 11.9 Å². The van der Waals surface area contributed by atoms with Crippen molar-refractivity contribution in [1.29, 1.82) is 5.26 Å². The average molecular weight is 282 g/mol. The van der Waals surface area contributed by atoms with Crippen LogP contribution in [0.2, 0.25) is 0 Å². The summed E-state index contributed by atoms with van der Waals surface area (Å²) in [6, 6.07) is 6.13. The van der Waals surface area contributed by atoms with Gasteiger partial charge in [-0.15, -0.1) is 0 Å². The number of carboxylic acid groups (broad SMARTS) is 1. The molecule has 0 bridgehead atoms. The van der Waals surface area contributed by atoms with E-state index in [4.69, 9.17) is 10.4 Å². The minimum atomic E-state index is -1.17. The quantitative estimate of drug-likeness (QED) is 0.883. The number of amides is 1. The Labute approximate surface area is 119 Å². The summed E-state index contributed by atoms with van der Waals surface area (Å²) in [6.07, 6.45) is 2.57. The highest BCUT2D eigenvalue weighted by atomic mass is 16.4. The zero-order valence-corrected chi connectivity index (χ0v) is 11.0. The van der Waals surface area contributed by atoms with Crippen LogP contribution in [0.5, 0.6) is 0 Å². The molecule has 0 atom stereocenters. The fraction of sp³-hybridized carbons (Fsp3) is 0.0714. The number of pyridine rings is 2. The first-order valence-electron chi connectivity index (χ1n) is 5.89. The van der Waals surface area contributed by atoms with Gasteiger partial charge < -0.3 is 10.4 Å². The molecule has 0 unspecified atom stereocenters. The summed E-state index contributed by atoms with van der Waals surface area (Å²) >= 11 is 0. The third-order valence-electron chi connectivity index (χ3n) is 2.74. The van der Waals surface area contributed by atoms with Crippen molar-refractivity contribution >= 4 is 17.6 Å². The molecule has 0 radical (unpaired) electrons. The van der Waals surface area contributed by atoms with Gasteiger partial charge in [-0.1, -0.05) is 0 Å². The minimum Gasteiger partial charge on any atom is -0.478 e. The number of anilines is 1. The van der Waals surface area contributed by atoms with Crippen LogP contribution in [-0.4, -0.2) is 27.0 Å². The molecular formula is C14H10N4O3. The zero-order valence-electron chi connectivity index (χ0n) is 11.0. The van der Waals surface area contributed by atoms with Gasteiger partial charge in [0.2, 0.25) is 0 Å². The van der Waals surface area contributed by atoms with Crippen molar-refractivity contribution in [2.75, 3.05) is 5.32 Å². The lowest BCUT2D eigenvalue weighted by Gasteiger charge is -2.08. The maximum atomic E-state index is 12.1. The van der Waals surface area contributed by atoms with E-state index in [9.17, 15) is 9.59 Å². The molecular weight excluding hydrogens is 272 g/mol. The van der Waals surface area contributed by atoms with Crippen LogP contribution in [0.4, 0.5) is 5.69 Å². The van der Waals surface area contributed by atoms with E-state index in [2.05, 4.69) is 15.3 Å². The topological polar surface area (TPSA) is 116 Å². The Balaban J connectivity index is 2.29. The lowest BCUT2D eigenvalue weighted by atomic mass is 10.2. The Morgan fingerprint density at radius 1 is 1.33 bits per heavy atom. The van der Waals surface area contributed by atoms with Gasteiger partial charge in [-0.05, 0) is 25.1 Å². The van der Waals surface area contributed by atoms with E-state index >= 15 is 0 Å². The Hall–Kier alpha value is -3.27. The number of hydrogen-bond acceptors (Lipinski definition) is 5. The fourth-order valence-electron chi connectivity index (χ4n) is 1.67. The predicted molar refractivity (Wildman–Crippen MR) is 72.8 cm³/mol. The van der Waals surface area contributed by atoms with E-state index in [-0.39, 0.29) is 16.9 Å². The van der Waals surface area contributed by atoms with Crippen molar-refractivity contribution in [3.05, 3.63) is 53.1 Å². The largest absolute Gasteiger partial charge is 0.478 e. The molecule has 0 saturated heterocycles. The number of nitrogens with zero attached hydrogens (tertiary/aromatic N) is 3. The molecule has 7 heteroatoms. The monoisotopic (exact) mass is 282 g/mol. The summed E-state index contributed by atoms with van der Waals surface area (Å²) < 4.78 is 0. The van der Waals surface area contributed by atoms with E-state index in [0.717, 1.165) is 0 Å². The Bertz CT molecular complexity index is 765. The van der Waals surface area contributed by atoms with Gasteiger partial charge in [0.25, 0.3) is 5.91 Å². The molecule has 0 aliphatic rings. The smallest absolute Gasteiger partial charge is 0.337 e. The second-order valence-corrected chi connectivity index (χ2v) is 4.12. The van der Waals surface area contributed by atoms with Gasteiger partial charge >= 0.3 is 5.97 Å². The van der Waals surface area contributed by atoms with Gasteiger partial charge in [-0.2, -0.15) is 5.26 Å². The van der Waals surface area contributed by atoms with Crippen molar-refractivity contribution in [2.45, 2.75) is 6.92 Å². The van der Waals surface area contributed by atoms with Crippen LogP contribution in [0.3, 0.4) is 0 Å². The SMILES string of the molecule is Cc1nc(C(=O)Nc2cnccc2C(=O)O)ccc1C#N. The van der Waals surface area contributed by atoms with Crippen LogP contribution in [0.1, 0.15) is 32.1 Å². The van der Waals surface area contributed by atoms with E-state index in [0.29, 0.717) is 11.3 Å². The van der Waals surface area contributed by atoms with Crippen molar-refractivity contribution in [1.82, 2.24) is 9.97 Å². The molecule has 1 amide bonds. The van der Waals surface area contributed by atoms with E-state index in [1.165, 1.54) is 30.6 Å². The van der Waals surface area contributed by atoms with E-state index in [1.807, 2.05) is 6.07 Å². The number of aromatic nitrogens is 2. The Morgan fingerprint density at radius 2 is 2.10 bits per heavy atom. The minimum absolute atomic E-state index is 0.0660. The Kier molecular flexibility index (Phi) is 3.90. The molecule has 104 valence electrons. The number of nitriles is 1.